The van der Waals surface area contributed by atoms with Crippen LogP contribution in [0.3, 0.4) is 0 Å². The van der Waals surface area contributed by atoms with E-state index in [-0.39, 0.29) is 5.82 Å². The third-order valence-electron chi connectivity index (χ3n) is 3.31. The lowest BCUT2D eigenvalue weighted by molar-refractivity contribution is 0.117. The van der Waals surface area contributed by atoms with Crippen LogP contribution in [-0.2, 0) is 13.0 Å². The quantitative estimate of drug-likeness (QED) is 0.885. The first-order valence-corrected chi connectivity index (χ1v) is 6.93. The number of benzene rings is 1. The summed E-state index contributed by atoms with van der Waals surface area (Å²) < 4.78 is 18.2. The Hall–Kier alpha value is -1.79. The molecule has 1 atom stereocenters. The van der Waals surface area contributed by atoms with Crippen LogP contribution in [0.15, 0.2) is 22.7 Å². The molecule has 1 unspecified atom stereocenters. The van der Waals surface area contributed by atoms with Crippen LogP contribution in [0.5, 0.6) is 0 Å². The van der Waals surface area contributed by atoms with E-state index in [1.54, 1.807) is 13.0 Å². The van der Waals surface area contributed by atoms with Crippen LogP contribution in [0.4, 0.5) is 4.39 Å². The summed E-state index contributed by atoms with van der Waals surface area (Å²) in [5, 5.41) is 14.1. The molecule has 0 saturated carbocycles. The molecule has 0 bridgehead atoms. The minimum Gasteiger partial charge on any atom is -0.387 e. The molecule has 1 N–H and O–H groups in total. The molecule has 0 aliphatic carbocycles. The second kappa shape index (κ2) is 6.78. The number of hydrogen-bond acceptors (Lipinski definition) is 5. The Balaban J connectivity index is 1.96. The molecule has 0 fully saturated rings. The van der Waals surface area contributed by atoms with Crippen LogP contribution in [0.2, 0.25) is 0 Å². The van der Waals surface area contributed by atoms with Gasteiger partial charge in [0.15, 0.2) is 5.82 Å². The molecule has 6 heteroatoms. The van der Waals surface area contributed by atoms with Crippen LogP contribution in [0.1, 0.15) is 35.9 Å². The van der Waals surface area contributed by atoms with E-state index in [4.69, 9.17) is 4.52 Å². The van der Waals surface area contributed by atoms with Crippen LogP contribution in [-0.4, -0.2) is 33.7 Å². The topological polar surface area (TPSA) is 62.4 Å². The Labute approximate surface area is 123 Å². The molecule has 0 saturated heterocycles. The van der Waals surface area contributed by atoms with Gasteiger partial charge in [0.1, 0.15) is 5.82 Å². The van der Waals surface area contributed by atoms with Crippen molar-refractivity contribution in [3.8, 4) is 0 Å². The van der Waals surface area contributed by atoms with Gasteiger partial charge in [0.05, 0.1) is 12.6 Å². The molecule has 1 heterocycles. The lowest BCUT2D eigenvalue weighted by Gasteiger charge is -2.20. The highest BCUT2D eigenvalue weighted by molar-refractivity contribution is 5.28. The molecule has 0 radical (unpaired) electrons. The van der Waals surface area contributed by atoms with Crippen molar-refractivity contribution in [1.82, 2.24) is 15.0 Å². The molecule has 114 valence electrons. The number of likely N-dealkylation sites (N-methyl/N-ethyl adjacent to an activating group) is 1. The van der Waals surface area contributed by atoms with Gasteiger partial charge in [-0.25, -0.2) is 4.39 Å². The summed E-state index contributed by atoms with van der Waals surface area (Å²) in [6.07, 6.45) is 0.0362. The fourth-order valence-electron chi connectivity index (χ4n) is 2.20. The summed E-state index contributed by atoms with van der Waals surface area (Å²) in [7, 11) is 1.86. The molecule has 21 heavy (non-hydrogen) atoms. The maximum atomic E-state index is 13.1. The summed E-state index contributed by atoms with van der Waals surface area (Å²) in [4.78, 5) is 6.12. The number of aliphatic hydroxyl groups excluding tert-OH is 1. The third kappa shape index (κ3) is 4.09. The summed E-state index contributed by atoms with van der Waals surface area (Å²) >= 11 is 0. The van der Waals surface area contributed by atoms with Gasteiger partial charge in [-0.05, 0) is 37.2 Å². The number of aryl methyl sites for hydroxylation is 2. The predicted molar refractivity (Wildman–Crippen MR) is 76.1 cm³/mol. The second-order valence-electron chi connectivity index (χ2n) is 5.17. The SMILES string of the molecule is CCc1noc(CN(C)CC(O)c2ccc(F)cc2C)n1. The average molecular weight is 293 g/mol. The summed E-state index contributed by atoms with van der Waals surface area (Å²) in [6, 6.07) is 4.40. The number of hydrogen-bond donors (Lipinski definition) is 1. The first-order valence-electron chi connectivity index (χ1n) is 6.93. The van der Waals surface area contributed by atoms with Crippen molar-refractivity contribution in [2.24, 2.45) is 0 Å². The van der Waals surface area contributed by atoms with Gasteiger partial charge in [0.25, 0.3) is 0 Å². The molecule has 0 aliphatic heterocycles. The second-order valence-corrected chi connectivity index (χ2v) is 5.17. The monoisotopic (exact) mass is 293 g/mol. The van der Waals surface area contributed by atoms with Gasteiger partial charge in [0, 0.05) is 13.0 Å². The number of aliphatic hydroxyl groups is 1. The highest BCUT2D eigenvalue weighted by Gasteiger charge is 2.15. The smallest absolute Gasteiger partial charge is 0.240 e. The van der Waals surface area contributed by atoms with Gasteiger partial charge in [-0.2, -0.15) is 4.98 Å². The predicted octanol–water partition coefficient (Wildman–Crippen LogP) is 2.24. The van der Waals surface area contributed by atoms with Crippen LogP contribution >= 0.6 is 0 Å². The number of rotatable bonds is 6. The van der Waals surface area contributed by atoms with Gasteiger partial charge in [-0.3, -0.25) is 4.90 Å². The van der Waals surface area contributed by atoms with E-state index in [9.17, 15) is 9.50 Å². The van der Waals surface area contributed by atoms with Crippen molar-refractivity contribution < 1.29 is 14.0 Å². The zero-order valence-corrected chi connectivity index (χ0v) is 12.5. The number of aromatic nitrogens is 2. The standard InChI is InChI=1S/C15H20FN3O2/c1-4-14-17-15(21-18-14)9-19(3)8-13(20)12-6-5-11(16)7-10(12)2/h5-7,13,20H,4,8-9H2,1-3H3. The molecule has 5 nitrogen and oxygen atoms in total. The largest absolute Gasteiger partial charge is 0.387 e. The maximum absolute atomic E-state index is 13.1. The molecule has 2 aromatic rings. The Morgan fingerprint density at radius 1 is 1.43 bits per heavy atom. The van der Waals surface area contributed by atoms with Gasteiger partial charge in [0.2, 0.25) is 5.89 Å². The van der Waals surface area contributed by atoms with E-state index < -0.39 is 6.10 Å². The van der Waals surface area contributed by atoms with E-state index in [1.807, 2.05) is 18.9 Å². The molecule has 0 aliphatic rings. The van der Waals surface area contributed by atoms with E-state index in [1.165, 1.54) is 12.1 Å². The van der Waals surface area contributed by atoms with Gasteiger partial charge < -0.3 is 9.63 Å². The van der Waals surface area contributed by atoms with Gasteiger partial charge >= 0.3 is 0 Å². The molecule has 0 amide bonds. The maximum Gasteiger partial charge on any atom is 0.240 e. The number of halogens is 1. The van der Waals surface area contributed by atoms with E-state index in [0.29, 0.717) is 24.8 Å². The summed E-state index contributed by atoms with van der Waals surface area (Å²) in [6.45, 7) is 4.60. The lowest BCUT2D eigenvalue weighted by atomic mass is 10.0. The first-order chi connectivity index (χ1) is 9.99. The lowest BCUT2D eigenvalue weighted by Crippen LogP contribution is -2.24. The summed E-state index contributed by atoms with van der Waals surface area (Å²) in [5.74, 6) is 0.903. The Bertz CT molecular complexity index is 600. The van der Waals surface area contributed by atoms with Gasteiger partial charge in [-0.1, -0.05) is 18.1 Å². The normalized spacial score (nSPS) is 12.9. The van der Waals surface area contributed by atoms with Crippen molar-refractivity contribution >= 4 is 0 Å². The van der Waals surface area contributed by atoms with Crippen molar-refractivity contribution in [2.75, 3.05) is 13.6 Å². The van der Waals surface area contributed by atoms with Crippen molar-refractivity contribution in [3.05, 3.63) is 46.9 Å². The van der Waals surface area contributed by atoms with E-state index in [2.05, 4.69) is 10.1 Å². The zero-order chi connectivity index (χ0) is 15.4. The minimum atomic E-state index is -0.691. The Morgan fingerprint density at radius 2 is 2.19 bits per heavy atom. The highest BCUT2D eigenvalue weighted by atomic mass is 19.1. The van der Waals surface area contributed by atoms with Crippen molar-refractivity contribution in [1.29, 1.82) is 0 Å². The van der Waals surface area contributed by atoms with Crippen LogP contribution < -0.4 is 0 Å². The molecule has 1 aromatic heterocycles. The fourth-order valence-corrected chi connectivity index (χ4v) is 2.20. The Morgan fingerprint density at radius 3 is 2.81 bits per heavy atom. The zero-order valence-electron chi connectivity index (χ0n) is 12.5. The molecule has 0 spiro atoms. The average Bonchev–Trinajstić information content (AvgIpc) is 2.85. The molecule has 1 aromatic carbocycles. The van der Waals surface area contributed by atoms with Crippen molar-refractivity contribution in [2.45, 2.75) is 32.9 Å². The van der Waals surface area contributed by atoms with Crippen LogP contribution in [0.25, 0.3) is 0 Å². The van der Waals surface area contributed by atoms with Crippen molar-refractivity contribution in [3.63, 3.8) is 0 Å². The highest BCUT2D eigenvalue weighted by Crippen LogP contribution is 2.19. The van der Waals surface area contributed by atoms with E-state index >= 15 is 0 Å². The van der Waals surface area contributed by atoms with Gasteiger partial charge in [-0.15, -0.1) is 0 Å². The Kier molecular flexibility index (Phi) is 5.03. The summed E-state index contributed by atoms with van der Waals surface area (Å²) in [5.41, 5.74) is 1.46. The fraction of sp³-hybridized carbons (Fsp3) is 0.467. The minimum absolute atomic E-state index is 0.297. The molecular weight excluding hydrogens is 273 g/mol. The van der Waals surface area contributed by atoms with Crippen LogP contribution in [0, 0.1) is 12.7 Å². The third-order valence-corrected chi connectivity index (χ3v) is 3.31. The van der Waals surface area contributed by atoms with E-state index in [0.717, 1.165) is 17.5 Å². The number of nitrogens with zero attached hydrogens (tertiary/aromatic N) is 3. The first kappa shape index (κ1) is 15.6. The molecule has 2 rings (SSSR count). The molecular formula is C15H20FN3O2.